The van der Waals surface area contributed by atoms with Crippen molar-refractivity contribution in [2.45, 2.75) is 39.2 Å². The Kier molecular flexibility index (Phi) is 5.37. The first-order chi connectivity index (χ1) is 17.8. The van der Waals surface area contributed by atoms with Gasteiger partial charge in [-0.05, 0) is 61.4 Å². The minimum Gasteiger partial charge on any atom is -0.508 e. The number of aryl methyl sites for hydroxylation is 1. The molecule has 3 aliphatic carbocycles. The maximum absolute atomic E-state index is 13.8. The number of Topliss-reactive ketones (excluding diaryl/α,β-unsaturated/α-hetero) is 1. The van der Waals surface area contributed by atoms with Crippen molar-refractivity contribution in [3.8, 4) is 5.75 Å². The number of carbonyl (C=O) groups is 4. The van der Waals surface area contributed by atoms with Gasteiger partial charge >= 0.3 is 0 Å². The highest BCUT2D eigenvalue weighted by Gasteiger charge is 2.56. The van der Waals surface area contributed by atoms with E-state index in [-0.39, 0.29) is 48.0 Å². The van der Waals surface area contributed by atoms with Crippen LogP contribution in [0.2, 0.25) is 0 Å². The normalized spacial score (nSPS) is 27.0. The van der Waals surface area contributed by atoms with Gasteiger partial charge in [-0.25, -0.2) is 0 Å². The van der Waals surface area contributed by atoms with Gasteiger partial charge in [0, 0.05) is 22.6 Å². The number of ketones is 2. The first-order valence-corrected chi connectivity index (χ1v) is 12.6. The summed E-state index contributed by atoms with van der Waals surface area (Å²) in [5, 5.41) is 10.1. The summed E-state index contributed by atoms with van der Waals surface area (Å²) < 4.78 is 0. The zero-order valence-corrected chi connectivity index (χ0v) is 20.7. The van der Waals surface area contributed by atoms with E-state index in [9.17, 15) is 24.3 Å². The lowest BCUT2D eigenvalue weighted by atomic mass is 9.59. The summed E-state index contributed by atoms with van der Waals surface area (Å²) in [5.41, 5.74) is 4.56. The molecule has 0 spiro atoms. The van der Waals surface area contributed by atoms with E-state index in [1.54, 1.807) is 26.0 Å². The fraction of sp³-hybridized carbons (Fsp3) is 0.290. The molecule has 1 heterocycles. The van der Waals surface area contributed by atoms with Crippen LogP contribution in [0.1, 0.15) is 42.4 Å². The van der Waals surface area contributed by atoms with E-state index in [4.69, 9.17) is 0 Å². The molecule has 6 heteroatoms. The second-order valence-electron chi connectivity index (χ2n) is 10.5. The summed E-state index contributed by atoms with van der Waals surface area (Å²) >= 11 is 0. The number of benzene rings is 2. The largest absolute Gasteiger partial charge is 0.508 e. The van der Waals surface area contributed by atoms with Crippen molar-refractivity contribution < 1.29 is 24.3 Å². The molecule has 0 aromatic heterocycles. The third-order valence-electron chi connectivity index (χ3n) is 8.39. The molecule has 0 bridgehead atoms. The number of rotatable bonds is 3. The molecular formula is C31H27NO5. The Labute approximate surface area is 215 Å². The van der Waals surface area contributed by atoms with Gasteiger partial charge in [0.25, 0.3) is 0 Å². The molecule has 0 radical (unpaired) electrons. The Balaban J connectivity index is 1.45. The molecule has 1 aliphatic heterocycles. The second-order valence-corrected chi connectivity index (χ2v) is 10.5. The number of phenols is 1. The molecule has 1 saturated heterocycles. The van der Waals surface area contributed by atoms with Crippen LogP contribution in [0.4, 0.5) is 0 Å². The average molecular weight is 494 g/mol. The zero-order valence-electron chi connectivity index (χ0n) is 20.7. The molecule has 2 amide bonds. The van der Waals surface area contributed by atoms with E-state index < -0.39 is 17.8 Å². The molecule has 6 nitrogen and oxygen atoms in total. The molecule has 37 heavy (non-hydrogen) atoms. The molecule has 0 saturated carbocycles. The van der Waals surface area contributed by atoms with Crippen LogP contribution >= 0.6 is 0 Å². The van der Waals surface area contributed by atoms with Crippen molar-refractivity contribution >= 4 is 23.4 Å². The minimum absolute atomic E-state index is 0.151. The molecule has 2 aromatic carbocycles. The van der Waals surface area contributed by atoms with Gasteiger partial charge in [-0.3, -0.25) is 24.1 Å². The monoisotopic (exact) mass is 493 g/mol. The smallest absolute Gasteiger partial charge is 0.234 e. The van der Waals surface area contributed by atoms with Gasteiger partial charge in [-0.1, -0.05) is 54.1 Å². The minimum atomic E-state index is -0.569. The van der Waals surface area contributed by atoms with Crippen molar-refractivity contribution in [1.29, 1.82) is 0 Å². The molecule has 2 aromatic rings. The Morgan fingerprint density at radius 2 is 1.70 bits per heavy atom. The lowest BCUT2D eigenvalue weighted by molar-refractivity contribution is -0.140. The van der Waals surface area contributed by atoms with Crippen LogP contribution in [0.15, 0.2) is 83.0 Å². The average Bonchev–Trinajstić information content (AvgIpc) is 3.13. The lowest BCUT2D eigenvalue weighted by Gasteiger charge is -2.42. The van der Waals surface area contributed by atoms with Crippen LogP contribution in [0, 0.1) is 24.7 Å². The van der Waals surface area contributed by atoms with Gasteiger partial charge in [0.05, 0.1) is 18.4 Å². The molecule has 186 valence electrons. The number of hydrogen-bond acceptors (Lipinski definition) is 5. The molecule has 6 rings (SSSR count). The fourth-order valence-electron chi connectivity index (χ4n) is 6.61. The van der Waals surface area contributed by atoms with Crippen molar-refractivity contribution in [3.63, 3.8) is 0 Å². The summed E-state index contributed by atoms with van der Waals surface area (Å²) in [4.78, 5) is 55.2. The number of fused-ring (bicyclic) bond motifs is 3. The highest BCUT2D eigenvalue weighted by molar-refractivity contribution is 6.23. The number of allylic oxidation sites excluding steroid dienone is 6. The maximum Gasteiger partial charge on any atom is 0.234 e. The highest BCUT2D eigenvalue weighted by Crippen LogP contribution is 2.55. The number of hydrogen-bond donors (Lipinski definition) is 1. The quantitative estimate of drug-likeness (QED) is 0.390. The van der Waals surface area contributed by atoms with E-state index >= 15 is 0 Å². The maximum atomic E-state index is 13.8. The molecule has 1 fully saturated rings. The van der Waals surface area contributed by atoms with E-state index in [1.165, 1.54) is 11.0 Å². The third-order valence-corrected chi connectivity index (χ3v) is 8.39. The van der Waals surface area contributed by atoms with Gasteiger partial charge in [-0.2, -0.15) is 0 Å². The van der Waals surface area contributed by atoms with Crippen molar-refractivity contribution in [1.82, 2.24) is 4.90 Å². The topological polar surface area (TPSA) is 91.8 Å². The van der Waals surface area contributed by atoms with Gasteiger partial charge in [-0.15, -0.1) is 0 Å². The Hall–Kier alpha value is -4.06. The van der Waals surface area contributed by atoms with Gasteiger partial charge in [0.15, 0.2) is 11.6 Å². The number of phenolic OH excluding ortho intramolecular Hbond substituents is 1. The number of carbonyl (C=O) groups excluding carboxylic acids is 4. The van der Waals surface area contributed by atoms with Crippen LogP contribution in [-0.4, -0.2) is 33.4 Å². The first kappa shape index (κ1) is 23.3. The standard InChI is InChI=1S/C31H27NO5/c1-16-12-19(8-11-24(16)33)26-20-9-10-21-27(22(20)14-23-28(26)25(34)13-17(2)29(23)35)31(37)32(30(21)36)15-18-6-4-3-5-7-18/h3-9,11-13,21-22,26-27,33H,10,14-15H2,1-2H3/t21-,22+,26-,27-/m0/s1. The van der Waals surface area contributed by atoms with Crippen LogP contribution in [0.5, 0.6) is 5.75 Å². The van der Waals surface area contributed by atoms with E-state index in [1.807, 2.05) is 42.5 Å². The number of likely N-dealkylation sites (tertiary alicyclic amines) is 1. The molecule has 4 atom stereocenters. The number of nitrogens with zero attached hydrogens (tertiary/aromatic N) is 1. The van der Waals surface area contributed by atoms with Gasteiger partial charge < -0.3 is 5.11 Å². The Morgan fingerprint density at radius 1 is 0.946 bits per heavy atom. The number of amides is 2. The first-order valence-electron chi connectivity index (χ1n) is 12.6. The number of imide groups is 1. The predicted molar refractivity (Wildman–Crippen MR) is 136 cm³/mol. The van der Waals surface area contributed by atoms with Crippen molar-refractivity contribution in [2.75, 3.05) is 0 Å². The summed E-state index contributed by atoms with van der Waals surface area (Å²) in [6.45, 7) is 3.66. The van der Waals surface area contributed by atoms with Gasteiger partial charge in [0.1, 0.15) is 5.75 Å². The van der Waals surface area contributed by atoms with Crippen LogP contribution in [0.3, 0.4) is 0 Å². The van der Waals surface area contributed by atoms with Crippen LogP contribution < -0.4 is 0 Å². The predicted octanol–water partition coefficient (Wildman–Crippen LogP) is 4.33. The summed E-state index contributed by atoms with van der Waals surface area (Å²) in [6, 6.07) is 14.7. The summed E-state index contributed by atoms with van der Waals surface area (Å²) in [6.07, 6.45) is 4.10. The highest BCUT2D eigenvalue weighted by atomic mass is 16.3. The van der Waals surface area contributed by atoms with E-state index in [0.29, 0.717) is 28.7 Å². The van der Waals surface area contributed by atoms with E-state index in [0.717, 1.165) is 16.7 Å². The van der Waals surface area contributed by atoms with Gasteiger partial charge in [0.2, 0.25) is 11.8 Å². The van der Waals surface area contributed by atoms with Crippen LogP contribution in [-0.2, 0) is 25.7 Å². The number of aromatic hydroxyl groups is 1. The third kappa shape index (κ3) is 3.54. The van der Waals surface area contributed by atoms with E-state index in [2.05, 4.69) is 0 Å². The molecule has 1 N–H and O–H groups in total. The summed E-state index contributed by atoms with van der Waals surface area (Å²) in [5.74, 6) is -2.48. The van der Waals surface area contributed by atoms with Crippen molar-refractivity contribution in [2.24, 2.45) is 17.8 Å². The lowest BCUT2D eigenvalue weighted by Crippen LogP contribution is -2.39. The SMILES string of the molecule is CC1=CC(=O)C2=C(C[C@@H]3C(=CC[C@@H]4C(=O)N(Cc5ccccc5)C(=O)[C@@H]43)[C@@H]2c2ccc(O)c(C)c2)C1=O. The summed E-state index contributed by atoms with van der Waals surface area (Å²) in [7, 11) is 0. The molecule has 4 aliphatic rings. The van der Waals surface area contributed by atoms with Crippen molar-refractivity contribution in [3.05, 3.63) is 99.7 Å². The molecule has 0 unspecified atom stereocenters. The van der Waals surface area contributed by atoms with Crippen LogP contribution in [0.25, 0.3) is 0 Å². The second kappa shape index (κ2) is 8.51. The molecular weight excluding hydrogens is 466 g/mol. The zero-order chi connectivity index (χ0) is 26.0. The fourth-order valence-corrected chi connectivity index (χ4v) is 6.61. The Bertz CT molecular complexity index is 1480. The Morgan fingerprint density at radius 3 is 2.43 bits per heavy atom.